The van der Waals surface area contributed by atoms with E-state index in [4.69, 9.17) is 4.74 Å². The maximum absolute atomic E-state index is 5.07. The number of aliphatic imine (C=N–C) groups is 1. The summed E-state index contributed by atoms with van der Waals surface area (Å²) in [5.74, 6) is 0.831. The summed E-state index contributed by atoms with van der Waals surface area (Å²) in [6.07, 6.45) is 1.06. The minimum absolute atomic E-state index is 0. The number of nitrogens with zero attached hydrogens (tertiary/aromatic N) is 2. The van der Waals surface area contributed by atoms with Gasteiger partial charge in [-0.3, -0.25) is 4.99 Å². The predicted octanol–water partition coefficient (Wildman–Crippen LogP) is 3.01. The largest absolute Gasteiger partial charge is 0.385 e. The van der Waals surface area contributed by atoms with Gasteiger partial charge in [-0.05, 0) is 43.7 Å². The molecule has 24 heavy (non-hydrogen) atoms. The molecule has 0 atom stereocenters. The fourth-order valence-electron chi connectivity index (χ4n) is 2.21. The predicted molar refractivity (Wildman–Crippen MR) is 116 cm³/mol. The maximum atomic E-state index is 5.07. The van der Waals surface area contributed by atoms with E-state index in [1.165, 1.54) is 11.1 Å². The van der Waals surface area contributed by atoms with Gasteiger partial charge in [-0.15, -0.1) is 24.0 Å². The van der Waals surface area contributed by atoms with Crippen LogP contribution in [0, 0.1) is 6.92 Å². The Labute approximate surface area is 171 Å². The summed E-state index contributed by atoms with van der Waals surface area (Å²) >= 11 is 3.49. The van der Waals surface area contributed by atoms with E-state index in [2.05, 4.69) is 68.6 Å². The standard InChI is InChI=1S/C17H29BrN4O.HI/c1-14-12-16(18)7-6-15(14)13-21-17(19-2)20-8-10-22(3)9-5-11-23-4;/h6-7,12H,5,8-11,13H2,1-4H3,(H2,19,20,21);1H. The van der Waals surface area contributed by atoms with Gasteiger partial charge >= 0.3 is 0 Å². The highest BCUT2D eigenvalue weighted by Crippen LogP contribution is 2.15. The van der Waals surface area contributed by atoms with Crippen molar-refractivity contribution in [1.29, 1.82) is 0 Å². The van der Waals surface area contributed by atoms with Crippen molar-refractivity contribution in [2.45, 2.75) is 19.9 Å². The fraction of sp³-hybridized carbons (Fsp3) is 0.588. The van der Waals surface area contributed by atoms with E-state index in [1.807, 2.05) is 0 Å². The van der Waals surface area contributed by atoms with E-state index in [1.54, 1.807) is 14.2 Å². The zero-order chi connectivity index (χ0) is 17.1. The number of guanidine groups is 1. The Morgan fingerprint density at radius 3 is 2.67 bits per heavy atom. The quantitative estimate of drug-likeness (QED) is 0.231. The topological polar surface area (TPSA) is 48.9 Å². The van der Waals surface area contributed by atoms with Gasteiger partial charge < -0.3 is 20.3 Å². The van der Waals surface area contributed by atoms with Crippen LogP contribution in [0.3, 0.4) is 0 Å². The molecule has 0 unspecified atom stereocenters. The second kappa shape index (κ2) is 13.9. The van der Waals surface area contributed by atoms with Crippen LogP contribution in [0.15, 0.2) is 27.7 Å². The summed E-state index contributed by atoms with van der Waals surface area (Å²) in [6, 6.07) is 6.32. The van der Waals surface area contributed by atoms with Crippen LogP contribution in [0.4, 0.5) is 0 Å². The van der Waals surface area contributed by atoms with Crippen molar-refractivity contribution >= 4 is 45.9 Å². The Balaban J connectivity index is 0.00000529. The molecular weight excluding hydrogens is 483 g/mol. The van der Waals surface area contributed by atoms with Gasteiger partial charge in [0.25, 0.3) is 0 Å². The summed E-state index contributed by atoms with van der Waals surface area (Å²) in [4.78, 5) is 6.56. The summed E-state index contributed by atoms with van der Waals surface area (Å²) < 4.78 is 6.18. The van der Waals surface area contributed by atoms with Crippen molar-refractivity contribution in [2.24, 2.45) is 4.99 Å². The van der Waals surface area contributed by atoms with Crippen LogP contribution in [0.5, 0.6) is 0 Å². The molecule has 0 amide bonds. The highest BCUT2D eigenvalue weighted by molar-refractivity contribution is 14.0. The molecule has 0 radical (unpaired) electrons. The highest BCUT2D eigenvalue weighted by Gasteiger charge is 2.03. The molecule has 0 saturated heterocycles. The van der Waals surface area contributed by atoms with E-state index in [9.17, 15) is 0 Å². The van der Waals surface area contributed by atoms with Gasteiger partial charge in [-0.2, -0.15) is 0 Å². The Bertz CT molecular complexity index is 499. The number of hydrogen-bond acceptors (Lipinski definition) is 3. The average molecular weight is 513 g/mol. The third-order valence-corrected chi connectivity index (χ3v) is 4.14. The molecule has 0 fully saturated rings. The molecule has 1 rings (SSSR count). The van der Waals surface area contributed by atoms with Gasteiger partial charge in [0, 0.05) is 51.4 Å². The number of rotatable bonds is 9. The number of aryl methyl sites for hydroxylation is 1. The van der Waals surface area contributed by atoms with Crippen LogP contribution >= 0.6 is 39.9 Å². The number of halogens is 2. The monoisotopic (exact) mass is 512 g/mol. The maximum Gasteiger partial charge on any atom is 0.191 e. The molecule has 0 aliphatic rings. The Kier molecular flexibility index (Phi) is 13.6. The normalized spacial score (nSPS) is 11.3. The molecule has 7 heteroatoms. The number of likely N-dealkylation sites (N-methyl/N-ethyl adjacent to an activating group) is 1. The number of benzene rings is 1. The van der Waals surface area contributed by atoms with Crippen LogP contribution in [0.25, 0.3) is 0 Å². The van der Waals surface area contributed by atoms with Crippen LogP contribution < -0.4 is 10.6 Å². The van der Waals surface area contributed by atoms with Crippen molar-refractivity contribution in [1.82, 2.24) is 15.5 Å². The first kappa shape index (κ1) is 23.6. The third kappa shape index (κ3) is 9.80. The molecule has 0 aromatic heterocycles. The Hall–Kier alpha value is -0.380. The minimum Gasteiger partial charge on any atom is -0.385 e. The van der Waals surface area contributed by atoms with Gasteiger partial charge in [0.15, 0.2) is 5.96 Å². The Morgan fingerprint density at radius 1 is 1.29 bits per heavy atom. The average Bonchev–Trinajstić information content (AvgIpc) is 2.52. The lowest BCUT2D eigenvalue weighted by atomic mass is 10.1. The molecule has 0 aliphatic carbocycles. The van der Waals surface area contributed by atoms with Crippen molar-refractivity contribution in [2.75, 3.05) is 47.4 Å². The molecule has 0 spiro atoms. The minimum atomic E-state index is 0. The second-order valence-corrected chi connectivity index (χ2v) is 6.49. The molecule has 0 saturated carbocycles. The molecule has 2 N–H and O–H groups in total. The van der Waals surface area contributed by atoms with Crippen molar-refractivity contribution in [3.05, 3.63) is 33.8 Å². The molecule has 5 nitrogen and oxygen atoms in total. The first-order chi connectivity index (χ1) is 11.1. The van der Waals surface area contributed by atoms with Crippen LogP contribution in [0.2, 0.25) is 0 Å². The van der Waals surface area contributed by atoms with E-state index >= 15 is 0 Å². The molecule has 0 aliphatic heterocycles. The van der Waals surface area contributed by atoms with Crippen molar-refractivity contribution < 1.29 is 4.74 Å². The first-order valence-electron chi connectivity index (χ1n) is 7.94. The lowest BCUT2D eigenvalue weighted by Gasteiger charge is -2.18. The van der Waals surface area contributed by atoms with E-state index in [0.717, 1.165) is 49.6 Å². The number of methoxy groups -OCH3 is 1. The molecule has 0 bridgehead atoms. The van der Waals surface area contributed by atoms with E-state index < -0.39 is 0 Å². The van der Waals surface area contributed by atoms with Gasteiger partial charge in [0.1, 0.15) is 0 Å². The third-order valence-electron chi connectivity index (χ3n) is 3.65. The van der Waals surface area contributed by atoms with Crippen LogP contribution in [-0.4, -0.2) is 58.3 Å². The van der Waals surface area contributed by atoms with Gasteiger partial charge in [0.2, 0.25) is 0 Å². The van der Waals surface area contributed by atoms with Gasteiger partial charge in [0.05, 0.1) is 0 Å². The summed E-state index contributed by atoms with van der Waals surface area (Å²) in [5.41, 5.74) is 2.54. The number of nitrogens with one attached hydrogen (secondary N) is 2. The highest BCUT2D eigenvalue weighted by atomic mass is 127. The van der Waals surface area contributed by atoms with Crippen LogP contribution in [0.1, 0.15) is 17.5 Å². The number of ether oxygens (including phenoxy) is 1. The fourth-order valence-corrected chi connectivity index (χ4v) is 2.69. The van der Waals surface area contributed by atoms with Crippen LogP contribution in [-0.2, 0) is 11.3 Å². The number of hydrogen-bond donors (Lipinski definition) is 2. The smallest absolute Gasteiger partial charge is 0.191 e. The zero-order valence-electron chi connectivity index (χ0n) is 15.1. The Morgan fingerprint density at radius 2 is 2.04 bits per heavy atom. The summed E-state index contributed by atoms with van der Waals surface area (Å²) in [7, 11) is 5.66. The summed E-state index contributed by atoms with van der Waals surface area (Å²) in [5, 5.41) is 6.71. The molecule has 1 aromatic rings. The van der Waals surface area contributed by atoms with E-state index in [-0.39, 0.29) is 24.0 Å². The van der Waals surface area contributed by atoms with E-state index in [0.29, 0.717) is 0 Å². The molecule has 138 valence electrons. The molecule has 1 aromatic carbocycles. The summed E-state index contributed by atoms with van der Waals surface area (Å²) in [6.45, 7) is 6.58. The zero-order valence-corrected chi connectivity index (χ0v) is 19.0. The van der Waals surface area contributed by atoms with Gasteiger partial charge in [-0.1, -0.05) is 22.0 Å². The van der Waals surface area contributed by atoms with Crippen molar-refractivity contribution in [3.8, 4) is 0 Å². The SMILES string of the molecule is CN=C(NCCN(C)CCCOC)NCc1ccc(Br)cc1C.I. The lowest BCUT2D eigenvalue weighted by molar-refractivity contribution is 0.180. The van der Waals surface area contributed by atoms with Gasteiger partial charge in [-0.25, -0.2) is 0 Å². The lowest BCUT2D eigenvalue weighted by Crippen LogP contribution is -2.40. The first-order valence-corrected chi connectivity index (χ1v) is 8.73. The second-order valence-electron chi connectivity index (χ2n) is 5.57. The molecular formula is C17H30BrIN4O. The molecule has 0 heterocycles. The van der Waals surface area contributed by atoms with Crippen molar-refractivity contribution in [3.63, 3.8) is 0 Å².